The van der Waals surface area contributed by atoms with Gasteiger partial charge in [0.2, 0.25) is 5.91 Å². The van der Waals surface area contributed by atoms with E-state index in [9.17, 15) is 4.79 Å². The molecule has 2 rings (SSSR count). The third-order valence-corrected chi connectivity index (χ3v) is 3.64. The normalized spacial score (nSPS) is 18.2. The maximum atomic E-state index is 11.6. The van der Waals surface area contributed by atoms with E-state index in [0.29, 0.717) is 5.92 Å². The molecule has 0 radical (unpaired) electrons. The molecule has 2 N–H and O–H groups in total. The average molecular weight is 267 g/mol. The third kappa shape index (κ3) is 3.24. The molecule has 2 unspecified atom stereocenters. The molecular formula is C14H19ClN2O. The molecule has 1 saturated carbocycles. The summed E-state index contributed by atoms with van der Waals surface area (Å²) in [4.78, 5) is 11.6. The van der Waals surface area contributed by atoms with Crippen LogP contribution in [0.2, 0.25) is 5.02 Å². The van der Waals surface area contributed by atoms with Gasteiger partial charge in [-0.2, -0.15) is 0 Å². The number of nitrogens with one attached hydrogen (secondary N) is 2. The molecule has 1 amide bonds. The molecule has 0 spiro atoms. The van der Waals surface area contributed by atoms with E-state index in [-0.39, 0.29) is 18.0 Å². The van der Waals surface area contributed by atoms with Crippen molar-refractivity contribution in [2.75, 3.05) is 7.05 Å². The van der Waals surface area contributed by atoms with E-state index in [1.54, 1.807) is 7.05 Å². The van der Waals surface area contributed by atoms with Crippen molar-refractivity contribution in [3.63, 3.8) is 0 Å². The van der Waals surface area contributed by atoms with E-state index in [1.165, 1.54) is 18.4 Å². The number of hydrogen-bond donors (Lipinski definition) is 2. The highest BCUT2D eigenvalue weighted by Crippen LogP contribution is 2.41. The minimum absolute atomic E-state index is 0.0228. The van der Waals surface area contributed by atoms with E-state index in [1.807, 2.05) is 31.2 Å². The number of carbonyl (C=O) groups excluding carboxylic acids is 1. The Hall–Kier alpha value is -1.06. The lowest BCUT2D eigenvalue weighted by molar-refractivity contribution is -0.122. The van der Waals surface area contributed by atoms with Crippen LogP contribution in [-0.4, -0.2) is 19.0 Å². The molecule has 18 heavy (non-hydrogen) atoms. The molecule has 3 nitrogen and oxygen atoms in total. The lowest BCUT2D eigenvalue weighted by atomic mass is 10.0. The van der Waals surface area contributed by atoms with Crippen LogP contribution in [0.1, 0.15) is 31.4 Å². The molecule has 0 bridgehead atoms. The molecule has 1 aromatic carbocycles. The highest BCUT2D eigenvalue weighted by atomic mass is 35.5. The van der Waals surface area contributed by atoms with Crippen molar-refractivity contribution in [3.05, 3.63) is 34.9 Å². The minimum atomic E-state index is -0.184. The lowest BCUT2D eigenvalue weighted by Gasteiger charge is -2.23. The van der Waals surface area contributed by atoms with Gasteiger partial charge in [0, 0.05) is 18.1 Å². The van der Waals surface area contributed by atoms with Crippen molar-refractivity contribution in [1.29, 1.82) is 0 Å². The second-order valence-corrected chi connectivity index (χ2v) is 5.31. The molecule has 0 aliphatic heterocycles. The Bertz CT molecular complexity index is 414. The largest absolute Gasteiger partial charge is 0.358 e. The summed E-state index contributed by atoms with van der Waals surface area (Å²) in [6.07, 6.45) is 2.45. The molecule has 2 atom stereocenters. The molecule has 1 aliphatic carbocycles. The Morgan fingerprint density at radius 2 is 1.94 bits per heavy atom. The number of halogens is 1. The van der Waals surface area contributed by atoms with Crippen LogP contribution in [0.4, 0.5) is 0 Å². The summed E-state index contributed by atoms with van der Waals surface area (Å²) in [5, 5.41) is 6.82. The second kappa shape index (κ2) is 5.72. The number of benzene rings is 1. The second-order valence-electron chi connectivity index (χ2n) is 4.87. The molecule has 0 aromatic heterocycles. The van der Waals surface area contributed by atoms with Gasteiger partial charge >= 0.3 is 0 Å². The Labute approximate surface area is 113 Å². The van der Waals surface area contributed by atoms with Crippen LogP contribution in [0.5, 0.6) is 0 Å². The van der Waals surface area contributed by atoms with Gasteiger partial charge in [0.25, 0.3) is 0 Å². The monoisotopic (exact) mass is 266 g/mol. The van der Waals surface area contributed by atoms with Gasteiger partial charge in [0.1, 0.15) is 0 Å². The summed E-state index contributed by atoms with van der Waals surface area (Å²) in [5.74, 6) is 0.660. The van der Waals surface area contributed by atoms with Gasteiger partial charge in [-0.05, 0) is 43.4 Å². The zero-order valence-corrected chi connectivity index (χ0v) is 11.5. The van der Waals surface area contributed by atoms with E-state index in [0.717, 1.165) is 5.02 Å². The number of hydrogen-bond acceptors (Lipinski definition) is 2. The molecule has 0 heterocycles. The Kier molecular flexibility index (Phi) is 4.25. The van der Waals surface area contributed by atoms with Crippen LogP contribution in [-0.2, 0) is 4.79 Å². The number of carbonyl (C=O) groups is 1. The van der Waals surface area contributed by atoms with Crippen LogP contribution in [0.15, 0.2) is 24.3 Å². The smallest absolute Gasteiger partial charge is 0.236 e. The van der Waals surface area contributed by atoms with Gasteiger partial charge < -0.3 is 5.32 Å². The third-order valence-electron chi connectivity index (χ3n) is 3.39. The first-order valence-corrected chi connectivity index (χ1v) is 6.72. The van der Waals surface area contributed by atoms with Crippen molar-refractivity contribution in [2.45, 2.75) is 31.8 Å². The lowest BCUT2D eigenvalue weighted by Crippen LogP contribution is -2.42. The number of rotatable bonds is 5. The minimum Gasteiger partial charge on any atom is -0.358 e. The summed E-state index contributed by atoms with van der Waals surface area (Å²) in [5.41, 5.74) is 1.21. The summed E-state index contributed by atoms with van der Waals surface area (Å²) in [6.45, 7) is 1.89. The Morgan fingerprint density at radius 3 is 2.44 bits per heavy atom. The van der Waals surface area contributed by atoms with E-state index >= 15 is 0 Å². The molecule has 4 heteroatoms. The average Bonchev–Trinajstić information content (AvgIpc) is 3.20. The molecule has 98 valence electrons. The maximum absolute atomic E-state index is 11.6. The molecular weight excluding hydrogens is 248 g/mol. The van der Waals surface area contributed by atoms with Crippen molar-refractivity contribution in [1.82, 2.24) is 10.6 Å². The summed E-state index contributed by atoms with van der Waals surface area (Å²) >= 11 is 5.91. The Balaban J connectivity index is 2.09. The van der Waals surface area contributed by atoms with E-state index in [2.05, 4.69) is 10.6 Å². The summed E-state index contributed by atoms with van der Waals surface area (Å²) in [7, 11) is 1.66. The fourth-order valence-corrected chi connectivity index (χ4v) is 2.29. The van der Waals surface area contributed by atoms with Gasteiger partial charge in [0.05, 0.1) is 6.04 Å². The molecule has 1 fully saturated rings. The SMILES string of the molecule is CNC(=O)C(C)NC(c1ccc(Cl)cc1)C1CC1. The maximum Gasteiger partial charge on any atom is 0.236 e. The fourth-order valence-electron chi connectivity index (χ4n) is 2.17. The molecule has 1 aliphatic rings. The zero-order chi connectivity index (χ0) is 13.1. The van der Waals surface area contributed by atoms with Crippen molar-refractivity contribution >= 4 is 17.5 Å². The predicted molar refractivity (Wildman–Crippen MR) is 73.6 cm³/mol. The van der Waals surface area contributed by atoms with Gasteiger partial charge in [-0.25, -0.2) is 0 Å². The topological polar surface area (TPSA) is 41.1 Å². The number of amides is 1. The van der Waals surface area contributed by atoms with E-state index in [4.69, 9.17) is 11.6 Å². The van der Waals surface area contributed by atoms with Gasteiger partial charge in [-0.15, -0.1) is 0 Å². The summed E-state index contributed by atoms with van der Waals surface area (Å²) in [6, 6.07) is 7.94. The highest BCUT2D eigenvalue weighted by molar-refractivity contribution is 6.30. The predicted octanol–water partition coefficient (Wildman–Crippen LogP) is 2.52. The van der Waals surface area contributed by atoms with Crippen molar-refractivity contribution in [3.8, 4) is 0 Å². The first-order valence-electron chi connectivity index (χ1n) is 6.35. The van der Waals surface area contributed by atoms with Crippen LogP contribution in [0, 0.1) is 5.92 Å². The summed E-state index contributed by atoms with van der Waals surface area (Å²) < 4.78 is 0. The van der Waals surface area contributed by atoms with Crippen LogP contribution >= 0.6 is 11.6 Å². The van der Waals surface area contributed by atoms with Gasteiger partial charge in [0.15, 0.2) is 0 Å². The van der Waals surface area contributed by atoms with Gasteiger partial charge in [-0.3, -0.25) is 10.1 Å². The molecule has 0 saturated heterocycles. The van der Waals surface area contributed by atoms with Crippen molar-refractivity contribution in [2.24, 2.45) is 5.92 Å². The van der Waals surface area contributed by atoms with Crippen LogP contribution in [0.25, 0.3) is 0 Å². The Morgan fingerprint density at radius 1 is 1.33 bits per heavy atom. The first kappa shape index (κ1) is 13.4. The quantitative estimate of drug-likeness (QED) is 0.860. The van der Waals surface area contributed by atoms with Gasteiger partial charge in [-0.1, -0.05) is 23.7 Å². The highest BCUT2D eigenvalue weighted by Gasteiger charge is 2.33. The zero-order valence-electron chi connectivity index (χ0n) is 10.7. The van der Waals surface area contributed by atoms with E-state index < -0.39 is 0 Å². The standard InChI is InChI=1S/C14H19ClN2O/c1-9(14(18)16-2)17-13(10-3-4-10)11-5-7-12(15)8-6-11/h5-10,13,17H,3-4H2,1-2H3,(H,16,18). The van der Waals surface area contributed by atoms with Crippen LogP contribution in [0.3, 0.4) is 0 Å². The fraction of sp³-hybridized carbons (Fsp3) is 0.500. The van der Waals surface area contributed by atoms with Crippen LogP contribution < -0.4 is 10.6 Å². The van der Waals surface area contributed by atoms with Crippen molar-refractivity contribution < 1.29 is 4.79 Å². The number of likely N-dealkylation sites (N-methyl/N-ethyl adjacent to an activating group) is 1. The first-order chi connectivity index (χ1) is 8.61. The molecule has 1 aromatic rings.